The van der Waals surface area contributed by atoms with Gasteiger partial charge in [-0.05, 0) is 94.8 Å². The minimum atomic E-state index is -1.74. The van der Waals surface area contributed by atoms with E-state index >= 15 is 0 Å². The van der Waals surface area contributed by atoms with Crippen LogP contribution in [-0.4, -0.2) is 121 Å². The van der Waals surface area contributed by atoms with Gasteiger partial charge in [0.15, 0.2) is 0 Å². The molecule has 1 aliphatic rings. The zero-order chi connectivity index (χ0) is 50.3. The van der Waals surface area contributed by atoms with Crippen molar-refractivity contribution in [2.45, 2.75) is 122 Å². The smallest absolute Gasteiger partial charge is 0.333 e. The lowest BCUT2D eigenvalue weighted by Gasteiger charge is -2.39. The largest absolute Gasteiger partial charge is 0.497 e. The summed E-state index contributed by atoms with van der Waals surface area (Å²) in [7, 11) is 7.39. The molecule has 3 aromatic carbocycles. The van der Waals surface area contributed by atoms with Gasteiger partial charge in [-0.1, -0.05) is 54.6 Å². The number of nitriles is 1. The molecule has 69 heavy (non-hydrogen) atoms. The van der Waals surface area contributed by atoms with Gasteiger partial charge in [-0.15, -0.1) is 0 Å². The van der Waals surface area contributed by atoms with Crippen molar-refractivity contribution < 1.29 is 42.4 Å². The highest BCUT2D eigenvalue weighted by Gasteiger charge is 2.45. The quantitative estimate of drug-likeness (QED) is 0.0271. The summed E-state index contributed by atoms with van der Waals surface area (Å²) >= 11 is 0. The maximum Gasteiger partial charge on any atom is 0.333 e. The lowest BCUT2D eigenvalue weighted by atomic mass is 9.80. The number of quaternary nitrogens is 1. The first-order chi connectivity index (χ1) is 32.9. The standard InChI is InChI=1S/C52H73N6O10P/c1-37(2)57(38(3)4)69(66-31-17-28-53)68-46-33-49(56-34-39(5)50(61)55(51(56)62)30-16-12-15-29-54-48(60)32-43(59)35-58(6,7)8)67-47(46)36-65-52(40-18-13-11-14-19-40,41-20-24-44(63-9)25-21-41)42-22-26-45(64-10)27-23-42/h11,13-14,18-27,34,37-38,43,46-47,49,59H,12,15-17,29-33,35-36H2,1-10H3/p+1. The summed E-state index contributed by atoms with van der Waals surface area (Å²) in [4.78, 5) is 40.5. The van der Waals surface area contributed by atoms with Crippen molar-refractivity contribution in [3.63, 3.8) is 0 Å². The fraction of sp³-hybridized carbons (Fsp3) is 0.538. The van der Waals surface area contributed by atoms with Crippen LogP contribution >= 0.6 is 8.53 Å². The fourth-order valence-corrected chi connectivity index (χ4v) is 10.5. The molecule has 2 N–H and O–H groups in total. The van der Waals surface area contributed by atoms with E-state index in [1.54, 1.807) is 27.3 Å². The van der Waals surface area contributed by atoms with E-state index in [0.29, 0.717) is 53.9 Å². The lowest BCUT2D eigenvalue weighted by molar-refractivity contribution is -0.873. The number of methoxy groups -OCH3 is 2. The Balaban J connectivity index is 1.48. The predicted molar refractivity (Wildman–Crippen MR) is 267 cm³/mol. The molecule has 5 rings (SSSR count). The van der Waals surface area contributed by atoms with Crippen LogP contribution in [0.15, 0.2) is 94.6 Å². The number of hydrogen-bond donors (Lipinski definition) is 2. The van der Waals surface area contributed by atoms with Crippen LogP contribution in [0.25, 0.3) is 0 Å². The first-order valence-corrected chi connectivity index (χ1v) is 25.0. The molecule has 2 heterocycles. The van der Waals surface area contributed by atoms with Gasteiger partial charge in [-0.25, -0.2) is 9.46 Å². The van der Waals surface area contributed by atoms with E-state index in [1.165, 1.54) is 9.13 Å². The van der Waals surface area contributed by atoms with Crippen molar-refractivity contribution in [1.82, 2.24) is 19.1 Å². The molecular weight excluding hydrogens is 900 g/mol. The van der Waals surface area contributed by atoms with Gasteiger partial charge in [0.1, 0.15) is 42.1 Å². The molecule has 5 unspecified atom stereocenters. The monoisotopic (exact) mass is 974 g/mol. The van der Waals surface area contributed by atoms with E-state index < -0.39 is 44.4 Å². The number of nitrogens with zero attached hydrogens (tertiary/aromatic N) is 5. The molecule has 0 spiro atoms. The van der Waals surface area contributed by atoms with Crippen LogP contribution in [0.5, 0.6) is 11.5 Å². The highest BCUT2D eigenvalue weighted by molar-refractivity contribution is 7.44. The molecule has 17 heteroatoms. The number of aliphatic hydroxyl groups is 1. The molecule has 376 valence electrons. The Labute approximate surface area is 409 Å². The topological polar surface area (TPSA) is 176 Å². The normalized spacial score (nSPS) is 17.3. The lowest BCUT2D eigenvalue weighted by Crippen LogP contribution is -2.43. The number of nitrogens with one attached hydrogen (secondary N) is 1. The van der Waals surface area contributed by atoms with Gasteiger partial charge in [0, 0.05) is 43.4 Å². The van der Waals surface area contributed by atoms with Crippen molar-refractivity contribution in [2.24, 2.45) is 0 Å². The maximum absolute atomic E-state index is 14.4. The Bertz CT molecular complexity index is 2330. The van der Waals surface area contributed by atoms with Gasteiger partial charge in [-0.2, -0.15) is 5.26 Å². The van der Waals surface area contributed by atoms with Gasteiger partial charge in [0.05, 0.1) is 73.6 Å². The van der Waals surface area contributed by atoms with Gasteiger partial charge in [-0.3, -0.25) is 18.7 Å². The Morgan fingerprint density at radius 3 is 2.07 bits per heavy atom. The van der Waals surface area contributed by atoms with Crippen LogP contribution in [-0.2, 0) is 35.5 Å². The highest BCUT2D eigenvalue weighted by atomic mass is 31.2. The van der Waals surface area contributed by atoms with Gasteiger partial charge >= 0.3 is 5.69 Å². The van der Waals surface area contributed by atoms with Crippen molar-refractivity contribution in [3.8, 4) is 17.6 Å². The number of benzene rings is 3. The first kappa shape index (κ1) is 55.0. The second-order valence-corrected chi connectivity index (χ2v) is 20.5. The van der Waals surface area contributed by atoms with Crippen molar-refractivity contribution in [3.05, 3.63) is 128 Å². The number of rotatable bonds is 27. The third-order valence-electron chi connectivity index (χ3n) is 11.9. The van der Waals surface area contributed by atoms with Crippen LogP contribution in [0.2, 0.25) is 0 Å². The molecule has 1 amide bonds. The molecule has 1 fully saturated rings. The number of aryl methyl sites for hydroxylation is 1. The maximum atomic E-state index is 14.4. The zero-order valence-corrected chi connectivity index (χ0v) is 43.0. The summed E-state index contributed by atoms with van der Waals surface area (Å²) in [6, 6.07) is 27.7. The third-order valence-corrected chi connectivity index (χ3v) is 14.1. The van der Waals surface area contributed by atoms with E-state index in [4.69, 9.17) is 28.0 Å². The molecule has 16 nitrogen and oxygen atoms in total. The van der Waals surface area contributed by atoms with Crippen LogP contribution in [0, 0.1) is 18.3 Å². The number of aliphatic hydroxyl groups excluding tert-OH is 1. The Morgan fingerprint density at radius 1 is 0.928 bits per heavy atom. The molecular formula is C52H74N6O10P+. The Morgan fingerprint density at radius 2 is 1.52 bits per heavy atom. The van der Waals surface area contributed by atoms with Gasteiger partial charge < -0.3 is 42.9 Å². The minimum Gasteiger partial charge on any atom is -0.497 e. The molecule has 5 atom stereocenters. The van der Waals surface area contributed by atoms with Crippen LogP contribution < -0.4 is 26.0 Å². The number of unbranched alkanes of at least 4 members (excludes halogenated alkanes) is 2. The number of hydrogen-bond acceptors (Lipinski definition) is 12. The molecule has 1 saturated heterocycles. The van der Waals surface area contributed by atoms with E-state index in [2.05, 4.69) is 43.8 Å². The first-order valence-electron chi connectivity index (χ1n) is 23.9. The highest BCUT2D eigenvalue weighted by Crippen LogP contribution is 2.50. The van der Waals surface area contributed by atoms with Crippen molar-refractivity contribution in [1.29, 1.82) is 5.26 Å². The van der Waals surface area contributed by atoms with Crippen LogP contribution in [0.3, 0.4) is 0 Å². The molecule has 0 aliphatic carbocycles. The van der Waals surface area contributed by atoms with E-state index in [9.17, 15) is 24.8 Å². The zero-order valence-electron chi connectivity index (χ0n) is 42.1. The molecule has 1 aromatic heterocycles. The fourth-order valence-electron chi connectivity index (χ4n) is 8.77. The average Bonchev–Trinajstić information content (AvgIpc) is 3.71. The number of amides is 1. The molecule has 4 aromatic rings. The number of likely N-dealkylation sites (N-methyl/N-ethyl adjacent to an activating group) is 1. The summed E-state index contributed by atoms with van der Waals surface area (Å²) < 4.78 is 44.2. The van der Waals surface area contributed by atoms with Gasteiger partial charge in [0.2, 0.25) is 5.91 Å². The number of carbonyl (C=O) groups excluding carboxylic acids is 1. The number of carbonyl (C=O) groups is 1. The Kier molecular flexibility index (Phi) is 20.5. The molecule has 0 bridgehead atoms. The summed E-state index contributed by atoms with van der Waals surface area (Å²) in [5, 5.41) is 22.6. The van der Waals surface area contributed by atoms with Gasteiger partial charge in [0.25, 0.3) is 14.1 Å². The minimum absolute atomic E-state index is 0.00245. The summed E-state index contributed by atoms with van der Waals surface area (Å²) in [6.07, 6.45) is 0.790. The van der Waals surface area contributed by atoms with E-state index in [0.717, 1.165) is 16.7 Å². The Hall–Kier alpha value is -4.95. The second-order valence-electron chi connectivity index (χ2n) is 19.1. The number of aromatic nitrogens is 2. The summed E-state index contributed by atoms with van der Waals surface area (Å²) in [5.41, 5.74) is 0.820. The van der Waals surface area contributed by atoms with Crippen LogP contribution in [0.4, 0.5) is 0 Å². The van der Waals surface area contributed by atoms with Crippen molar-refractivity contribution in [2.75, 3.05) is 61.7 Å². The van der Waals surface area contributed by atoms with E-state index in [1.807, 2.05) is 100 Å². The van der Waals surface area contributed by atoms with Crippen molar-refractivity contribution >= 4 is 14.4 Å². The third kappa shape index (κ3) is 14.8. The number of ether oxygens (including phenoxy) is 4. The van der Waals surface area contributed by atoms with E-state index in [-0.39, 0.29) is 62.6 Å². The molecule has 0 saturated carbocycles. The SMILES string of the molecule is COc1ccc(C(OCC2OC(n3cc(C)c(=O)n(CCCCCNC(=O)CC(O)C[N+](C)(C)C)c3=O)CC2OP(OCCC#N)N(C(C)C)C(C)C)(c2ccccc2)c2ccc(OC)cc2)cc1. The molecule has 1 aliphatic heterocycles. The average molecular weight is 974 g/mol. The molecule has 0 radical (unpaired) electrons. The summed E-state index contributed by atoms with van der Waals surface area (Å²) in [5.74, 6) is 1.15. The van der Waals surface area contributed by atoms with Crippen LogP contribution in [0.1, 0.15) is 94.7 Å². The predicted octanol–water partition coefficient (Wildman–Crippen LogP) is 7.04. The second kappa shape index (κ2) is 25.8. The summed E-state index contributed by atoms with van der Waals surface area (Å²) in [6.45, 7) is 11.2.